The van der Waals surface area contributed by atoms with Crippen LogP contribution in [0.1, 0.15) is 25.8 Å². The van der Waals surface area contributed by atoms with Gasteiger partial charge in [-0.05, 0) is 31.5 Å². The van der Waals surface area contributed by atoms with Gasteiger partial charge in [0.05, 0.1) is 6.07 Å². The molecule has 3 nitrogen and oxygen atoms in total. The SMILES string of the molecule is CC(C)N(CCC#N)Cc1cccc(N)c1. The van der Waals surface area contributed by atoms with Crippen LogP contribution in [0, 0.1) is 11.3 Å². The van der Waals surface area contributed by atoms with Gasteiger partial charge in [0.2, 0.25) is 0 Å². The zero-order valence-electron chi connectivity index (χ0n) is 9.98. The van der Waals surface area contributed by atoms with Crippen molar-refractivity contribution in [3.63, 3.8) is 0 Å². The maximum Gasteiger partial charge on any atom is 0.0635 e. The number of nitrogens with zero attached hydrogens (tertiary/aromatic N) is 2. The topological polar surface area (TPSA) is 53.0 Å². The van der Waals surface area contributed by atoms with Crippen LogP contribution in [0.15, 0.2) is 24.3 Å². The standard InChI is InChI=1S/C13H19N3/c1-11(2)16(8-4-7-14)10-12-5-3-6-13(15)9-12/h3,5-6,9,11H,4,8,10,15H2,1-2H3. The molecule has 0 saturated heterocycles. The molecular weight excluding hydrogens is 198 g/mol. The van der Waals surface area contributed by atoms with Crippen molar-refractivity contribution < 1.29 is 0 Å². The second kappa shape index (κ2) is 6.14. The van der Waals surface area contributed by atoms with Crippen LogP contribution in [-0.4, -0.2) is 17.5 Å². The molecule has 0 aliphatic rings. The Bertz CT molecular complexity index is 366. The summed E-state index contributed by atoms with van der Waals surface area (Å²) < 4.78 is 0. The highest BCUT2D eigenvalue weighted by Crippen LogP contribution is 2.11. The number of benzene rings is 1. The number of anilines is 1. The summed E-state index contributed by atoms with van der Waals surface area (Å²) in [5.74, 6) is 0. The first-order valence-corrected chi connectivity index (χ1v) is 5.59. The number of nitrogen functional groups attached to an aromatic ring is 1. The lowest BCUT2D eigenvalue weighted by molar-refractivity contribution is 0.218. The summed E-state index contributed by atoms with van der Waals surface area (Å²) in [6.07, 6.45) is 0.570. The first-order chi connectivity index (χ1) is 7.63. The number of nitrogens with two attached hydrogens (primary N) is 1. The summed E-state index contributed by atoms with van der Waals surface area (Å²) in [7, 11) is 0. The van der Waals surface area contributed by atoms with Crippen molar-refractivity contribution in [2.75, 3.05) is 12.3 Å². The Kier molecular flexibility index (Phi) is 4.81. The predicted molar refractivity (Wildman–Crippen MR) is 66.6 cm³/mol. The first kappa shape index (κ1) is 12.5. The summed E-state index contributed by atoms with van der Waals surface area (Å²) in [5.41, 5.74) is 7.73. The fourth-order valence-electron chi connectivity index (χ4n) is 1.64. The van der Waals surface area contributed by atoms with E-state index in [0.29, 0.717) is 12.5 Å². The third kappa shape index (κ3) is 3.92. The van der Waals surface area contributed by atoms with Gasteiger partial charge in [-0.1, -0.05) is 12.1 Å². The normalized spacial score (nSPS) is 10.7. The molecule has 1 aromatic carbocycles. The van der Waals surface area contributed by atoms with Crippen LogP contribution >= 0.6 is 0 Å². The van der Waals surface area contributed by atoms with Crippen LogP contribution in [0.25, 0.3) is 0 Å². The highest BCUT2D eigenvalue weighted by Gasteiger charge is 2.09. The van der Waals surface area contributed by atoms with E-state index in [4.69, 9.17) is 11.0 Å². The Balaban J connectivity index is 2.64. The van der Waals surface area contributed by atoms with Gasteiger partial charge in [0.15, 0.2) is 0 Å². The minimum Gasteiger partial charge on any atom is -0.399 e. The average molecular weight is 217 g/mol. The molecular formula is C13H19N3. The van der Waals surface area contributed by atoms with Gasteiger partial charge in [-0.25, -0.2) is 0 Å². The van der Waals surface area contributed by atoms with Crippen molar-refractivity contribution in [2.24, 2.45) is 0 Å². The largest absolute Gasteiger partial charge is 0.399 e. The van der Waals surface area contributed by atoms with E-state index >= 15 is 0 Å². The lowest BCUT2D eigenvalue weighted by atomic mass is 10.1. The third-order valence-electron chi connectivity index (χ3n) is 2.58. The van der Waals surface area contributed by atoms with E-state index in [-0.39, 0.29) is 0 Å². The molecule has 0 fully saturated rings. The molecule has 0 aromatic heterocycles. The lowest BCUT2D eigenvalue weighted by Gasteiger charge is -2.25. The molecule has 0 unspecified atom stereocenters. The van der Waals surface area contributed by atoms with E-state index in [2.05, 4.69) is 30.9 Å². The van der Waals surface area contributed by atoms with Crippen molar-refractivity contribution in [3.8, 4) is 6.07 Å². The van der Waals surface area contributed by atoms with Crippen molar-refractivity contribution >= 4 is 5.69 Å². The molecule has 2 N–H and O–H groups in total. The Hall–Kier alpha value is -1.53. The third-order valence-corrected chi connectivity index (χ3v) is 2.58. The molecule has 0 spiro atoms. The second-order valence-electron chi connectivity index (χ2n) is 4.22. The molecule has 86 valence electrons. The molecule has 0 aliphatic heterocycles. The number of hydrogen-bond donors (Lipinski definition) is 1. The van der Waals surface area contributed by atoms with E-state index < -0.39 is 0 Å². The molecule has 0 aliphatic carbocycles. The van der Waals surface area contributed by atoms with Crippen LogP contribution in [0.5, 0.6) is 0 Å². The van der Waals surface area contributed by atoms with Gasteiger partial charge in [0.1, 0.15) is 0 Å². The molecule has 0 radical (unpaired) electrons. The minimum atomic E-state index is 0.440. The summed E-state index contributed by atoms with van der Waals surface area (Å²) in [6, 6.07) is 10.5. The van der Waals surface area contributed by atoms with Crippen molar-refractivity contribution in [1.29, 1.82) is 5.26 Å². The predicted octanol–water partition coefficient (Wildman–Crippen LogP) is 2.39. The number of hydrogen-bond acceptors (Lipinski definition) is 3. The van der Waals surface area contributed by atoms with E-state index in [1.807, 2.05) is 18.2 Å². The molecule has 0 saturated carbocycles. The molecule has 1 aromatic rings. The maximum absolute atomic E-state index is 8.61. The highest BCUT2D eigenvalue weighted by atomic mass is 15.1. The highest BCUT2D eigenvalue weighted by molar-refractivity contribution is 5.40. The van der Waals surface area contributed by atoms with Gasteiger partial charge in [0.25, 0.3) is 0 Å². The summed E-state index contributed by atoms with van der Waals surface area (Å²) >= 11 is 0. The van der Waals surface area contributed by atoms with Gasteiger partial charge < -0.3 is 5.73 Å². The molecule has 16 heavy (non-hydrogen) atoms. The Morgan fingerprint density at radius 1 is 1.44 bits per heavy atom. The van der Waals surface area contributed by atoms with Crippen LogP contribution in [-0.2, 0) is 6.54 Å². The van der Waals surface area contributed by atoms with E-state index in [9.17, 15) is 0 Å². The summed E-state index contributed by atoms with van der Waals surface area (Å²) in [5, 5.41) is 8.61. The van der Waals surface area contributed by atoms with Gasteiger partial charge >= 0.3 is 0 Å². The van der Waals surface area contributed by atoms with Crippen molar-refractivity contribution in [1.82, 2.24) is 4.90 Å². The molecule has 0 atom stereocenters. The zero-order valence-corrected chi connectivity index (χ0v) is 9.98. The maximum atomic E-state index is 8.61. The first-order valence-electron chi connectivity index (χ1n) is 5.59. The van der Waals surface area contributed by atoms with E-state index in [1.54, 1.807) is 0 Å². The lowest BCUT2D eigenvalue weighted by Crippen LogP contribution is -2.31. The van der Waals surface area contributed by atoms with Gasteiger partial charge in [0, 0.05) is 31.2 Å². The second-order valence-corrected chi connectivity index (χ2v) is 4.22. The molecule has 3 heteroatoms. The van der Waals surface area contributed by atoms with E-state index in [1.165, 1.54) is 5.56 Å². The van der Waals surface area contributed by atoms with Crippen molar-refractivity contribution in [2.45, 2.75) is 32.9 Å². The monoisotopic (exact) mass is 217 g/mol. The molecule has 0 bridgehead atoms. The molecule has 0 heterocycles. The van der Waals surface area contributed by atoms with Gasteiger partial charge in [-0.15, -0.1) is 0 Å². The van der Waals surface area contributed by atoms with Crippen molar-refractivity contribution in [3.05, 3.63) is 29.8 Å². The summed E-state index contributed by atoms with van der Waals surface area (Å²) in [4.78, 5) is 2.28. The fraction of sp³-hybridized carbons (Fsp3) is 0.462. The quantitative estimate of drug-likeness (QED) is 0.770. The Labute approximate surface area is 97.5 Å². The molecule has 1 rings (SSSR count). The van der Waals surface area contributed by atoms with Crippen LogP contribution in [0.2, 0.25) is 0 Å². The summed E-state index contributed by atoms with van der Waals surface area (Å²) in [6.45, 7) is 5.95. The molecule has 0 amide bonds. The number of rotatable bonds is 5. The van der Waals surface area contributed by atoms with E-state index in [0.717, 1.165) is 18.8 Å². The zero-order chi connectivity index (χ0) is 12.0. The van der Waals surface area contributed by atoms with Gasteiger partial charge in [-0.3, -0.25) is 4.90 Å². The number of nitriles is 1. The Morgan fingerprint density at radius 3 is 2.75 bits per heavy atom. The minimum absolute atomic E-state index is 0.440. The smallest absolute Gasteiger partial charge is 0.0635 e. The van der Waals surface area contributed by atoms with Crippen LogP contribution in [0.3, 0.4) is 0 Å². The van der Waals surface area contributed by atoms with Crippen LogP contribution < -0.4 is 5.73 Å². The van der Waals surface area contributed by atoms with Crippen LogP contribution in [0.4, 0.5) is 5.69 Å². The average Bonchev–Trinajstić information content (AvgIpc) is 2.24. The Morgan fingerprint density at radius 2 is 2.19 bits per heavy atom. The van der Waals surface area contributed by atoms with Gasteiger partial charge in [-0.2, -0.15) is 5.26 Å². The fourth-order valence-corrected chi connectivity index (χ4v) is 1.64.